The van der Waals surface area contributed by atoms with Gasteiger partial charge < -0.3 is 9.64 Å². The Labute approximate surface area is 137 Å². The molecule has 0 radical (unpaired) electrons. The highest BCUT2D eigenvalue weighted by atomic mass is 16.5. The minimum Gasteiger partial charge on any atom is -0.383 e. The number of amides is 1. The first-order valence-corrected chi connectivity index (χ1v) is 8.46. The maximum Gasteiger partial charge on any atom is 0.222 e. The average molecular weight is 318 g/mol. The van der Waals surface area contributed by atoms with Gasteiger partial charge in [0.2, 0.25) is 5.91 Å². The number of methoxy groups -OCH3 is 1. The zero-order valence-corrected chi connectivity index (χ0v) is 13.9. The fourth-order valence-electron chi connectivity index (χ4n) is 3.71. The van der Waals surface area contributed by atoms with Gasteiger partial charge in [-0.2, -0.15) is 0 Å². The summed E-state index contributed by atoms with van der Waals surface area (Å²) in [5.41, 5.74) is 0.301. The molecule has 6 heteroatoms. The molecule has 6 nitrogen and oxygen atoms in total. The third kappa shape index (κ3) is 4.06. The zero-order chi connectivity index (χ0) is 16.1. The summed E-state index contributed by atoms with van der Waals surface area (Å²) >= 11 is 0. The van der Waals surface area contributed by atoms with E-state index in [9.17, 15) is 4.79 Å². The molecule has 0 saturated carbocycles. The van der Waals surface area contributed by atoms with Gasteiger partial charge in [-0.1, -0.05) is 0 Å². The first-order chi connectivity index (χ1) is 11.2. The molecule has 1 spiro atoms. The Balaban J connectivity index is 1.54. The van der Waals surface area contributed by atoms with Crippen LogP contribution in [0.5, 0.6) is 0 Å². The quantitative estimate of drug-likeness (QED) is 0.820. The average Bonchev–Trinajstić information content (AvgIpc) is 2.59. The second kappa shape index (κ2) is 7.36. The van der Waals surface area contributed by atoms with Crippen molar-refractivity contribution >= 4 is 5.91 Å². The van der Waals surface area contributed by atoms with Crippen molar-refractivity contribution in [3.8, 4) is 0 Å². The fourth-order valence-corrected chi connectivity index (χ4v) is 3.71. The lowest BCUT2D eigenvalue weighted by Crippen LogP contribution is -2.52. The number of hydrogen-bond donors (Lipinski definition) is 0. The van der Waals surface area contributed by atoms with E-state index in [1.807, 2.05) is 11.0 Å². The number of hydrogen-bond acceptors (Lipinski definition) is 5. The minimum absolute atomic E-state index is 0.285. The van der Waals surface area contributed by atoms with Crippen LogP contribution in [0, 0.1) is 5.41 Å². The van der Waals surface area contributed by atoms with Gasteiger partial charge in [0.25, 0.3) is 0 Å². The third-order valence-corrected chi connectivity index (χ3v) is 5.21. The summed E-state index contributed by atoms with van der Waals surface area (Å²) in [6.45, 7) is 5.18. The van der Waals surface area contributed by atoms with Crippen LogP contribution < -0.4 is 0 Å². The molecule has 1 aromatic rings. The highest BCUT2D eigenvalue weighted by Gasteiger charge is 2.40. The maximum absolute atomic E-state index is 12.1. The van der Waals surface area contributed by atoms with Crippen LogP contribution in [0.15, 0.2) is 18.5 Å². The number of aromatic nitrogens is 2. The van der Waals surface area contributed by atoms with Gasteiger partial charge in [-0.15, -0.1) is 0 Å². The maximum atomic E-state index is 12.1. The van der Waals surface area contributed by atoms with Crippen molar-refractivity contribution in [1.82, 2.24) is 19.8 Å². The molecular weight excluding hydrogens is 292 g/mol. The van der Waals surface area contributed by atoms with Crippen molar-refractivity contribution in [2.45, 2.75) is 32.2 Å². The SMILES string of the molecule is COCCN1CC2(CCC1=O)CCN(Cc1ncccn1)CC2. The fraction of sp³-hybridized carbons (Fsp3) is 0.706. The summed E-state index contributed by atoms with van der Waals surface area (Å²) in [6, 6.07) is 1.85. The summed E-state index contributed by atoms with van der Waals surface area (Å²) in [5.74, 6) is 1.18. The smallest absolute Gasteiger partial charge is 0.222 e. The summed E-state index contributed by atoms with van der Waals surface area (Å²) in [6.07, 6.45) is 7.62. The number of ether oxygens (including phenoxy) is 1. The largest absolute Gasteiger partial charge is 0.383 e. The molecule has 0 N–H and O–H groups in total. The highest BCUT2D eigenvalue weighted by molar-refractivity contribution is 5.77. The van der Waals surface area contributed by atoms with Gasteiger partial charge in [0.15, 0.2) is 0 Å². The Morgan fingerprint density at radius 2 is 1.96 bits per heavy atom. The summed E-state index contributed by atoms with van der Waals surface area (Å²) in [7, 11) is 1.69. The van der Waals surface area contributed by atoms with Crippen LogP contribution >= 0.6 is 0 Å². The Bertz CT molecular complexity index is 515. The molecule has 126 valence electrons. The molecule has 23 heavy (non-hydrogen) atoms. The zero-order valence-electron chi connectivity index (χ0n) is 13.9. The van der Waals surface area contributed by atoms with Crippen molar-refractivity contribution < 1.29 is 9.53 Å². The van der Waals surface area contributed by atoms with Crippen LogP contribution in [0.25, 0.3) is 0 Å². The van der Waals surface area contributed by atoms with E-state index in [4.69, 9.17) is 4.74 Å². The lowest BCUT2D eigenvalue weighted by atomic mass is 9.72. The van der Waals surface area contributed by atoms with E-state index in [1.54, 1.807) is 19.5 Å². The first kappa shape index (κ1) is 16.3. The van der Waals surface area contributed by atoms with Crippen molar-refractivity contribution in [2.75, 3.05) is 39.9 Å². The second-order valence-corrected chi connectivity index (χ2v) is 6.75. The van der Waals surface area contributed by atoms with Crippen LogP contribution in [-0.2, 0) is 16.1 Å². The number of piperidine rings is 2. The van der Waals surface area contributed by atoms with Gasteiger partial charge in [0, 0.05) is 39.0 Å². The van der Waals surface area contributed by atoms with E-state index >= 15 is 0 Å². The van der Waals surface area contributed by atoms with Crippen molar-refractivity contribution in [3.63, 3.8) is 0 Å². The van der Waals surface area contributed by atoms with E-state index in [0.717, 1.165) is 57.8 Å². The Morgan fingerprint density at radius 3 is 2.65 bits per heavy atom. The Hall–Kier alpha value is -1.53. The monoisotopic (exact) mass is 318 g/mol. The summed E-state index contributed by atoms with van der Waals surface area (Å²) < 4.78 is 5.14. The molecule has 2 aliphatic heterocycles. The predicted octanol–water partition coefficient (Wildman–Crippen LogP) is 1.33. The molecule has 2 saturated heterocycles. The standard InChI is InChI=1S/C17H26N4O2/c1-23-12-11-21-14-17(4-3-16(21)22)5-9-20(10-6-17)13-15-18-7-2-8-19-15/h2,7-8H,3-6,9-14H2,1H3. The minimum atomic E-state index is 0.285. The van der Waals surface area contributed by atoms with E-state index in [1.165, 1.54) is 0 Å². The number of carbonyl (C=O) groups excluding carboxylic acids is 1. The summed E-state index contributed by atoms with van der Waals surface area (Å²) in [5, 5.41) is 0. The van der Waals surface area contributed by atoms with Crippen molar-refractivity contribution in [3.05, 3.63) is 24.3 Å². The molecule has 0 atom stereocenters. The molecule has 3 rings (SSSR count). The lowest BCUT2D eigenvalue weighted by Gasteiger charge is -2.47. The third-order valence-electron chi connectivity index (χ3n) is 5.21. The van der Waals surface area contributed by atoms with E-state index < -0.39 is 0 Å². The van der Waals surface area contributed by atoms with Gasteiger partial charge >= 0.3 is 0 Å². The van der Waals surface area contributed by atoms with Crippen LogP contribution in [-0.4, -0.2) is 65.6 Å². The van der Waals surface area contributed by atoms with Crippen molar-refractivity contribution in [2.24, 2.45) is 5.41 Å². The van der Waals surface area contributed by atoms with E-state index in [2.05, 4.69) is 14.9 Å². The van der Waals surface area contributed by atoms with Crippen LogP contribution in [0.2, 0.25) is 0 Å². The van der Waals surface area contributed by atoms with Gasteiger partial charge in [0.1, 0.15) is 5.82 Å². The molecule has 2 fully saturated rings. The molecule has 1 aromatic heterocycles. The molecular formula is C17H26N4O2. The predicted molar refractivity (Wildman–Crippen MR) is 86.7 cm³/mol. The van der Waals surface area contributed by atoms with E-state index in [0.29, 0.717) is 18.4 Å². The summed E-state index contributed by atoms with van der Waals surface area (Å²) in [4.78, 5) is 25.1. The highest BCUT2D eigenvalue weighted by Crippen LogP contribution is 2.40. The second-order valence-electron chi connectivity index (χ2n) is 6.75. The Kier molecular flexibility index (Phi) is 5.23. The molecule has 0 bridgehead atoms. The van der Waals surface area contributed by atoms with Gasteiger partial charge in [-0.05, 0) is 43.8 Å². The number of carbonyl (C=O) groups is 1. The van der Waals surface area contributed by atoms with Crippen LogP contribution in [0.1, 0.15) is 31.5 Å². The molecule has 0 aliphatic carbocycles. The number of nitrogens with zero attached hydrogens (tertiary/aromatic N) is 4. The molecule has 2 aliphatic rings. The number of likely N-dealkylation sites (tertiary alicyclic amines) is 2. The Morgan fingerprint density at radius 1 is 1.22 bits per heavy atom. The van der Waals surface area contributed by atoms with Gasteiger partial charge in [0.05, 0.1) is 13.2 Å². The first-order valence-electron chi connectivity index (χ1n) is 8.46. The van der Waals surface area contributed by atoms with E-state index in [-0.39, 0.29) is 5.91 Å². The topological polar surface area (TPSA) is 58.6 Å². The van der Waals surface area contributed by atoms with Crippen LogP contribution in [0.4, 0.5) is 0 Å². The van der Waals surface area contributed by atoms with Gasteiger partial charge in [-0.25, -0.2) is 9.97 Å². The normalized spacial score (nSPS) is 21.8. The molecule has 0 unspecified atom stereocenters. The molecule has 0 aromatic carbocycles. The van der Waals surface area contributed by atoms with Crippen molar-refractivity contribution in [1.29, 1.82) is 0 Å². The van der Waals surface area contributed by atoms with Crippen LogP contribution in [0.3, 0.4) is 0 Å². The molecule has 1 amide bonds. The number of rotatable bonds is 5. The lowest BCUT2D eigenvalue weighted by molar-refractivity contribution is -0.140. The van der Waals surface area contributed by atoms with Gasteiger partial charge in [-0.3, -0.25) is 9.69 Å². The molecule has 3 heterocycles.